The number of hydrogen-bond donors (Lipinski definition) is 3. The molecule has 0 amide bonds. The van der Waals surface area contributed by atoms with E-state index in [0.717, 1.165) is 27.9 Å². The molecule has 0 spiro atoms. The first-order chi connectivity index (χ1) is 18.6. The minimum Gasteiger partial charge on any atom is -0.492 e. The molecular formula is C31H30N2O5. The highest BCUT2D eigenvalue weighted by Gasteiger charge is 2.13. The van der Waals surface area contributed by atoms with Gasteiger partial charge in [-0.05, 0) is 47.5 Å². The Hall–Kier alpha value is -4.33. The smallest absolute Gasteiger partial charge is 0.341 e. The first kappa shape index (κ1) is 25.3. The number of esters is 1. The van der Waals surface area contributed by atoms with Crippen molar-refractivity contribution in [2.45, 2.75) is 12.7 Å². The Morgan fingerprint density at radius 3 is 2.61 bits per heavy atom. The number of methoxy groups -OCH3 is 1. The van der Waals surface area contributed by atoms with Gasteiger partial charge in [0.2, 0.25) is 0 Å². The van der Waals surface area contributed by atoms with Crippen molar-refractivity contribution in [3.63, 3.8) is 0 Å². The summed E-state index contributed by atoms with van der Waals surface area (Å²) in [5.41, 5.74) is 4.20. The number of aromatic amines is 1. The van der Waals surface area contributed by atoms with Crippen molar-refractivity contribution in [1.29, 1.82) is 0 Å². The fraction of sp³-hybridized carbons (Fsp3) is 0.194. The lowest BCUT2D eigenvalue weighted by atomic mass is 10.1. The summed E-state index contributed by atoms with van der Waals surface area (Å²) in [5, 5.41) is 16.3. The highest BCUT2D eigenvalue weighted by atomic mass is 16.5. The molecular weight excluding hydrogens is 480 g/mol. The monoisotopic (exact) mass is 510 g/mol. The van der Waals surface area contributed by atoms with Crippen LogP contribution < -0.4 is 14.8 Å². The van der Waals surface area contributed by atoms with Gasteiger partial charge in [-0.1, -0.05) is 48.5 Å². The van der Waals surface area contributed by atoms with Gasteiger partial charge in [-0.15, -0.1) is 0 Å². The van der Waals surface area contributed by atoms with Crippen LogP contribution in [0, 0.1) is 0 Å². The largest absolute Gasteiger partial charge is 0.492 e. The molecule has 38 heavy (non-hydrogen) atoms. The molecule has 0 saturated heterocycles. The lowest BCUT2D eigenvalue weighted by Gasteiger charge is -2.15. The first-order valence-corrected chi connectivity index (χ1v) is 12.5. The molecule has 0 bridgehead atoms. The quantitative estimate of drug-likeness (QED) is 0.163. The highest BCUT2D eigenvalue weighted by molar-refractivity contribution is 6.07. The van der Waals surface area contributed by atoms with Crippen molar-refractivity contribution < 1.29 is 24.1 Å². The van der Waals surface area contributed by atoms with Crippen molar-refractivity contribution in [2.75, 3.05) is 26.8 Å². The average molecular weight is 511 g/mol. The van der Waals surface area contributed by atoms with Gasteiger partial charge in [-0.3, -0.25) is 0 Å². The van der Waals surface area contributed by atoms with Gasteiger partial charge in [0.1, 0.15) is 30.3 Å². The summed E-state index contributed by atoms with van der Waals surface area (Å²) < 4.78 is 16.6. The molecule has 0 aliphatic carbocycles. The fourth-order valence-electron chi connectivity index (χ4n) is 4.44. The Morgan fingerprint density at radius 1 is 0.895 bits per heavy atom. The van der Waals surface area contributed by atoms with E-state index in [2.05, 4.69) is 28.5 Å². The number of nitrogens with one attached hydrogen (secondary N) is 2. The number of carbonyl (C=O) groups is 1. The summed E-state index contributed by atoms with van der Waals surface area (Å²) in [6, 6.07) is 28.8. The number of ether oxygens (including phenoxy) is 3. The molecule has 7 heteroatoms. The standard InChI is InChI=1S/C31H30N2O5/c1-36-31(35)26-10-3-5-12-30(26)38-20-21-7-6-8-22(17-21)29(34)19-32-15-16-37-23-13-14-25-24-9-2-4-11-27(24)33-28(25)18-23/h2-14,17-18,29,32-34H,15-16,19-20H2,1H3. The molecule has 0 saturated carbocycles. The minimum absolute atomic E-state index is 0.260. The van der Waals surface area contributed by atoms with E-state index in [4.69, 9.17) is 14.2 Å². The van der Waals surface area contributed by atoms with Crippen LogP contribution in [0.4, 0.5) is 0 Å². The number of H-pyrrole nitrogens is 1. The zero-order valence-electron chi connectivity index (χ0n) is 21.1. The molecule has 7 nitrogen and oxygen atoms in total. The zero-order valence-corrected chi connectivity index (χ0v) is 21.1. The molecule has 0 aliphatic rings. The normalized spacial score (nSPS) is 11.9. The van der Waals surface area contributed by atoms with Gasteiger partial charge in [0.25, 0.3) is 0 Å². The van der Waals surface area contributed by atoms with Crippen LogP contribution in [0.2, 0.25) is 0 Å². The van der Waals surface area contributed by atoms with Gasteiger partial charge < -0.3 is 29.6 Å². The molecule has 1 unspecified atom stereocenters. The number of rotatable bonds is 11. The van der Waals surface area contributed by atoms with E-state index in [9.17, 15) is 9.90 Å². The summed E-state index contributed by atoms with van der Waals surface area (Å²) in [7, 11) is 1.34. The van der Waals surface area contributed by atoms with Crippen molar-refractivity contribution in [3.8, 4) is 11.5 Å². The predicted molar refractivity (Wildman–Crippen MR) is 148 cm³/mol. The second-order valence-electron chi connectivity index (χ2n) is 8.97. The van der Waals surface area contributed by atoms with E-state index in [0.29, 0.717) is 31.0 Å². The van der Waals surface area contributed by atoms with E-state index < -0.39 is 12.1 Å². The van der Waals surface area contributed by atoms with Crippen LogP contribution in [0.5, 0.6) is 11.5 Å². The van der Waals surface area contributed by atoms with Crippen LogP contribution in [0.15, 0.2) is 91.0 Å². The Bertz CT molecular complexity index is 1540. The second-order valence-corrected chi connectivity index (χ2v) is 8.97. The number of aromatic nitrogens is 1. The number of aliphatic hydroxyl groups is 1. The predicted octanol–water partition coefficient (Wildman–Crippen LogP) is 5.39. The third kappa shape index (κ3) is 5.80. The van der Waals surface area contributed by atoms with Crippen LogP contribution in [0.1, 0.15) is 27.6 Å². The van der Waals surface area contributed by atoms with Crippen molar-refractivity contribution in [3.05, 3.63) is 108 Å². The Labute approximate surface area is 221 Å². The lowest BCUT2D eigenvalue weighted by molar-refractivity contribution is 0.0595. The Kier molecular flexibility index (Phi) is 7.87. The van der Waals surface area contributed by atoms with Gasteiger partial charge in [0.05, 0.1) is 18.7 Å². The lowest BCUT2D eigenvalue weighted by Crippen LogP contribution is -2.26. The molecule has 5 rings (SSSR count). The number of hydrogen-bond acceptors (Lipinski definition) is 6. The third-order valence-corrected chi connectivity index (χ3v) is 6.39. The SMILES string of the molecule is COC(=O)c1ccccc1OCc1cccc(C(O)CNCCOc2ccc3c(c2)[nH]c2ccccc23)c1. The Balaban J connectivity index is 1.10. The fourth-order valence-corrected chi connectivity index (χ4v) is 4.44. The first-order valence-electron chi connectivity index (χ1n) is 12.5. The van der Waals surface area contributed by atoms with Crippen LogP contribution in [-0.2, 0) is 11.3 Å². The molecule has 0 aliphatic heterocycles. The summed E-state index contributed by atoms with van der Waals surface area (Å²) in [6.45, 7) is 1.72. The van der Waals surface area contributed by atoms with Gasteiger partial charge in [0.15, 0.2) is 0 Å². The maximum atomic E-state index is 11.9. The molecule has 0 fully saturated rings. The van der Waals surface area contributed by atoms with Gasteiger partial charge in [-0.25, -0.2) is 4.79 Å². The molecule has 1 atom stereocenters. The van der Waals surface area contributed by atoms with E-state index >= 15 is 0 Å². The second kappa shape index (κ2) is 11.8. The topological polar surface area (TPSA) is 92.8 Å². The highest BCUT2D eigenvalue weighted by Crippen LogP contribution is 2.28. The summed E-state index contributed by atoms with van der Waals surface area (Å²) in [6.07, 6.45) is -0.681. The molecule has 5 aromatic rings. The summed E-state index contributed by atoms with van der Waals surface area (Å²) in [5.74, 6) is 0.807. The third-order valence-electron chi connectivity index (χ3n) is 6.39. The number of benzene rings is 4. The van der Waals surface area contributed by atoms with Crippen LogP contribution in [0.25, 0.3) is 21.8 Å². The average Bonchev–Trinajstić information content (AvgIpc) is 3.33. The maximum Gasteiger partial charge on any atom is 0.341 e. The summed E-state index contributed by atoms with van der Waals surface area (Å²) in [4.78, 5) is 15.4. The van der Waals surface area contributed by atoms with Crippen LogP contribution >= 0.6 is 0 Å². The molecule has 194 valence electrons. The maximum absolute atomic E-state index is 11.9. The van der Waals surface area contributed by atoms with E-state index in [1.165, 1.54) is 17.9 Å². The Morgan fingerprint density at radius 2 is 1.71 bits per heavy atom. The van der Waals surface area contributed by atoms with Gasteiger partial charge in [-0.2, -0.15) is 0 Å². The molecule has 0 radical (unpaired) electrons. The van der Waals surface area contributed by atoms with Gasteiger partial charge in [0, 0.05) is 35.4 Å². The van der Waals surface area contributed by atoms with E-state index in [1.54, 1.807) is 24.3 Å². The molecule has 3 N–H and O–H groups in total. The number of fused-ring (bicyclic) bond motifs is 3. The molecule has 1 aromatic heterocycles. The number of carbonyl (C=O) groups excluding carboxylic acids is 1. The van der Waals surface area contributed by atoms with Crippen molar-refractivity contribution in [1.82, 2.24) is 10.3 Å². The summed E-state index contributed by atoms with van der Waals surface area (Å²) >= 11 is 0. The zero-order chi connectivity index (χ0) is 26.3. The van der Waals surface area contributed by atoms with Gasteiger partial charge >= 0.3 is 5.97 Å². The van der Waals surface area contributed by atoms with Crippen molar-refractivity contribution >= 4 is 27.8 Å². The van der Waals surface area contributed by atoms with Crippen molar-refractivity contribution in [2.24, 2.45) is 0 Å². The minimum atomic E-state index is -0.681. The number of para-hydroxylation sites is 2. The van der Waals surface area contributed by atoms with Crippen LogP contribution in [0.3, 0.4) is 0 Å². The van der Waals surface area contributed by atoms with Crippen LogP contribution in [-0.4, -0.2) is 42.9 Å². The number of aliphatic hydroxyl groups excluding tert-OH is 1. The van der Waals surface area contributed by atoms with E-state index in [-0.39, 0.29) is 6.61 Å². The van der Waals surface area contributed by atoms with E-state index in [1.807, 2.05) is 48.5 Å². The molecule has 4 aromatic carbocycles. The molecule has 1 heterocycles.